The summed E-state index contributed by atoms with van der Waals surface area (Å²) in [5, 5.41) is 11.2. The van der Waals surface area contributed by atoms with E-state index in [4.69, 9.17) is 14.6 Å². The van der Waals surface area contributed by atoms with Crippen molar-refractivity contribution in [2.45, 2.75) is 12.8 Å². The van der Waals surface area contributed by atoms with Gasteiger partial charge in [-0.2, -0.15) is 0 Å². The molecule has 0 fully saturated rings. The van der Waals surface area contributed by atoms with Gasteiger partial charge in [0, 0.05) is 20.3 Å². The molecule has 1 amide bonds. The van der Waals surface area contributed by atoms with Gasteiger partial charge in [0.25, 0.3) is 0 Å². The van der Waals surface area contributed by atoms with Crippen LogP contribution < -0.4 is 5.32 Å². The number of methoxy groups -OCH3 is 1. The number of aliphatic hydroxyl groups excluding tert-OH is 1. The standard InChI is InChI=1S/C9H19NO4/c1-13-6-7-14-8-9(12)10-4-2-3-5-11/h11H,2-8H2,1H3,(H,10,12). The molecule has 0 spiro atoms. The molecule has 0 radical (unpaired) electrons. The fourth-order valence-electron chi connectivity index (χ4n) is 0.823. The van der Waals surface area contributed by atoms with E-state index < -0.39 is 0 Å². The van der Waals surface area contributed by atoms with E-state index in [1.54, 1.807) is 7.11 Å². The molecular weight excluding hydrogens is 186 g/mol. The van der Waals surface area contributed by atoms with Gasteiger partial charge in [-0.05, 0) is 12.8 Å². The Kier molecular flexibility index (Phi) is 9.95. The molecule has 0 aromatic heterocycles. The summed E-state index contributed by atoms with van der Waals surface area (Å²) in [6.07, 6.45) is 1.51. The lowest BCUT2D eigenvalue weighted by Crippen LogP contribution is -2.29. The highest BCUT2D eigenvalue weighted by Gasteiger charge is 1.99. The van der Waals surface area contributed by atoms with Crippen molar-refractivity contribution < 1.29 is 19.4 Å². The normalized spacial score (nSPS) is 10.1. The summed E-state index contributed by atoms with van der Waals surface area (Å²) >= 11 is 0. The minimum atomic E-state index is -0.126. The maximum atomic E-state index is 11.0. The van der Waals surface area contributed by atoms with E-state index in [1.807, 2.05) is 0 Å². The second-order valence-corrected chi connectivity index (χ2v) is 2.83. The number of carbonyl (C=O) groups is 1. The average Bonchev–Trinajstić information content (AvgIpc) is 2.19. The first kappa shape index (κ1) is 13.4. The van der Waals surface area contributed by atoms with Crippen molar-refractivity contribution in [1.82, 2.24) is 5.32 Å². The maximum absolute atomic E-state index is 11.0. The Morgan fingerprint density at radius 3 is 2.79 bits per heavy atom. The largest absolute Gasteiger partial charge is 0.396 e. The van der Waals surface area contributed by atoms with E-state index in [0.29, 0.717) is 26.2 Å². The van der Waals surface area contributed by atoms with E-state index in [-0.39, 0.29) is 19.1 Å². The SMILES string of the molecule is COCCOCC(=O)NCCCCO. The fraction of sp³-hybridized carbons (Fsp3) is 0.889. The summed E-state index contributed by atoms with van der Waals surface area (Å²) in [4.78, 5) is 11.0. The lowest BCUT2D eigenvalue weighted by Gasteiger charge is -2.05. The molecule has 14 heavy (non-hydrogen) atoms. The number of ether oxygens (including phenoxy) is 2. The molecule has 0 saturated heterocycles. The molecule has 0 aliphatic heterocycles. The molecule has 5 heteroatoms. The molecule has 0 atom stereocenters. The molecule has 84 valence electrons. The summed E-state index contributed by atoms with van der Waals surface area (Å²) in [5.41, 5.74) is 0. The molecule has 0 aliphatic rings. The third-order valence-corrected chi connectivity index (χ3v) is 1.57. The van der Waals surface area contributed by atoms with Crippen LogP contribution in [0.5, 0.6) is 0 Å². The second kappa shape index (κ2) is 10.4. The highest BCUT2D eigenvalue weighted by Crippen LogP contribution is 1.84. The van der Waals surface area contributed by atoms with Crippen LogP contribution in [0.4, 0.5) is 0 Å². The zero-order valence-electron chi connectivity index (χ0n) is 8.62. The Morgan fingerprint density at radius 1 is 1.36 bits per heavy atom. The van der Waals surface area contributed by atoms with Gasteiger partial charge in [0.05, 0.1) is 13.2 Å². The summed E-state index contributed by atoms with van der Waals surface area (Å²) < 4.78 is 9.76. The zero-order valence-corrected chi connectivity index (χ0v) is 8.62. The molecule has 0 aliphatic carbocycles. The molecule has 0 heterocycles. The van der Waals surface area contributed by atoms with Crippen LogP contribution in [-0.4, -0.2) is 51.1 Å². The number of aliphatic hydroxyl groups is 1. The Balaban J connectivity index is 3.11. The number of hydrogen-bond donors (Lipinski definition) is 2. The first-order valence-electron chi connectivity index (χ1n) is 4.75. The van der Waals surface area contributed by atoms with Crippen molar-refractivity contribution in [3.05, 3.63) is 0 Å². The zero-order chi connectivity index (χ0) is 10.6. The van der Waals surface area contributed by atoms with E-state index >= 15 is 0 Å². The van der Waals surface area contributed by atoms with Crippen LogP contribution in [-0.2, 0) is 14.3 Å². The molecule has 0 aromatic rings. The fourth-order valence-corrected chi connectivity index (χ4v) is 0.823. The van der Waals surface area contributed by atoms with Gasteiger partial charge in [-0.3, -0.25) is 4.79 Å². The summed E-state index contributed by atoms with van der Waals surface area (Å²) in [5.74, 6) is -0.126. The number of hydrogen-bond acceptors (Lipinski definition) is 4. The predicted octanol–water partition coefficient (Wildman–Crippen LogP) is -0.462. The Hall–Kier alpha value is -0.650. The van der Waals surface area contributed by atoms with Crippen molar-refractivity contribution in [3.8, 4) is 0 Å². The van der Waals surface area contributed by atoms with E-state index in [9.17, 15) is 4.79 Å². The average molecular weight is 205 g/mol. The van der Waals surface area contributed by atoms with Gasteiger partial charge in [-0.1, -0.05) is 0 Å². The van der Waals surface area contributed by atoms with Crippen molar-refractivity contribution in [1.29, 1.82) is 0 Å². The Morgan fingerprint density at radius 2 is 2.14 bits per heavy atom. The van der Waals surface area contributed by atoms with Crippen molar-refractivity contribution in [2.75, 3.05) is 40.1 Å². The first-order valence-corrected chi connectivity index (χ1v) is 4.75. The van der Waals surface area contributed by atoms with Crippen LogP contribution in [0.15, 0.2) is 0 Å². The van der Waals surface area contributed by atoms with Gasteiger partial charge in [0.15, 0.2) is 0 Å². The smallest absolute Gasteiger partial charge is 0.245 e. The van der Waals surface area contributed by atoms with Gasteiger partial charge >= 0.3 is 0 Å². The molecule has 0 saturated carbocycles. The summed E-state index contributed by atoms with van der Waals surface area (Å²) in [6.45, 7) is 1.76. The molecule has 5 nitrogen and oxygen atoms in total. The van der Waals surface area contributed by atoms with Crippen LogP contribution in [0.1, 0.15) is 12.8 Å². The Bertz CT molecular complexity index is 127. The summed E-state index contributed by atoms with van der Waals surface area (Å²) in [6, 6.07) is 0. The quantitative estimate of drug-likeness (QED) is 0.500. The highest BCUT2D eigenvalue weighted by atomic mass is 16.5. The third-order valence-electron chi connectivity index (χ3n) is 1.57. The highest BCUT2D eigenvalue weighted by molar-refractivity contribution is 5.77. The van der Waals surface area contributed by atoms with Crippen LogP contribution in [0.2, 0.25) is 0 Å². The number of nitrogens with one attached hydrogen (secondary N) is 1. The van der Waals surface area contributed by atoms with Gasteiger partial charge in [-0.15, -0.1) is 0 Å². The molecule has 0 unspecified atom stereocenters. The van der Waals surface area contributed by atoms with Gasteiger partial charge in [0.1, 0.15) is 6.61 Å². The topological polar surface area (TPSA) is 67.8 Å². The van der Waals surface area contributed by atoms with Crippen LogP contribution in [0.3, 0.4) is 0 Å². The van der Waals surface area contributed by atoms with Gasteiger partial charge in [0.2, 0.25) is 5.91 Å². The second-order valence-electron chi connectivity index (χ2n) is 2.83. The van der Waals surface area contributed by atoms with Crippen LogP contribution >= 0.6 is 0 Å². The van der Waals surface area contributed by atoms with E-state index in [1.165, 1.54) is 0 Å². The van der Waals surface area contributed by atoms with E-state index in [2.05, 4.69) is 5.32 Å². The number of unbranched alkanes of at least 4 members (excludes halogenated alkanes) is 1. The predicted molar refractivity (Wildman–Crippen MR) is 52.0 cm³/mol. The van der Waals surface area contributed by atoms with Crippen molar-refractivity contribution >= 4 is 5.91 Å². The lowest BCUT2D eigenvalue weighted by molar-refractivity contribution is -0.126. The minimum absolute atomic E-state index is 0.0719. The molecule has 2 N–H and O–H groups in total. The van der Waals surface area contributed by atoms with Gasteiger partial charge in [-0.25, -0.2) is 0 Å². The Labute approximate surface area is 84.4 Å². The maximum Gasteiger partial charge on any atom is 0.245 e. The molecule has 0 bridgehead atoms. The van der Waals surface area contributed by atoms with Crippen LogP contribution in [0, 0.1) is 0 Å². The minimum Gasteiger partial charge on any atom is -0.396 e. The number of carbonyl (C=O) groups excluding carboxylic acids is 1. The molecule has 0 rings (SSSR count). The van der Waals surface area contributed by atoms with Crippen molar-refractivity contribution in [2.24, 2.45) is 0 Å². The third kappa shape index (κ3) is 9.44. The van der Waals surface area contributed by atoms with Gasteiger partial charge < -0.3 is 19.9 Å². The monoisotopic (exact) mass is 205 g/mol. The molecule has 0 aromatic carbocycles. The number of amides is 1. The number of rotatable bonds is 9. The molecular formula is C9H19NO4. The lowest BCUT2D eigenvalue weighted by atomic mass is 10.3. The van der Waals surface area contributed by atoms with E-state index in [0.717, 1.165) is 6.42 Å². The van der Waals surface area contributed by atoms with Crippen molar-refractivity contribution in [3.63, 3.8) is 0 Å². The van der Waals surface area contributed by atoms with Crippen LogP contribution in [0.25, 0.3) is 0 Å². The first-order chi connectivity index (χ1) is 6.81. The summed E-state index contributed by atoms with van der Waals surface area (Å²) in [7, 11) is 1.58.